The summed E-state index contributed by atoms with van der Waals surface area (Å²) < 4.78 is 0. The Balaban J connectivity index is 3.19. The summed E-state index contributed by atoms with van der Waals surface area (Å²) in [5, 5.41) is 8.77. The molecule has 0 radical (unpaired) electrons. The van der Waals surface area contributed by atoms with Crippen LogP contribution in [-0.4, -0.2) is 11.7 Å². The van der Waals surface area contributed by atoms with E-state index in [-0.39, 0.29) is 0 Å². The van der Waals surface area contributed by atoms with E-state index in [2.05, 4.69) is 12.8 Å². The van der Waals surface area contributed by atoms with Crippen LogP contribution in [0.4, 0.5) is 0 Å². The van der Waals surface area contributed by atoms with Gasteiger partial charge in [-0.2, -0.15) is 0 Å². The highest BCUT2D eigenvalue weighted by Gasteiger charge is 2.01. The molecule has 0 amide bonds. The van der Waals surface area contributed by atoms with Gasteiger partial charge in [-0.1, -0.05) is 13.3 Å². The maximum Gasteiger partial charge on any atom is 0.0459 e. The molecule has 0 bridgehead atoms. The predicted octanol–water partition coefficient (Wildman–Crippen LogP) is 1.81. The number of unbranched alkanes of at least 4 members (excludes halogenated alkanes) is 1. The molecule has 0 rings (SSSR count). The molecule has 0 aliphatic rings. The van der Waals surface area contributed by atoms with Crippen LogP contribution in [0.5, 0.6) is 0 Å². The predicted molar refractivity (Wildman–Crippen MR) is 43.6 cm³/mol. The van der Waals surface area contributed by atoms with Gasteiger partial charge in [0.1, 0.15) is 0 Å². The third kappa shape index (κ3) is 4.40. The number of rotatable bonds is 5. The summed E-state index contributed by atoms with van der Waals surface area (Å²) in [5.74, 6) is 3.06. The molecular weight excluding hydrogens is 124 g/mol. The lowest BCUT2D eigenvalue weighted by molar-refractivity contribution is 0.213. The van der Waals surface area contributed by atoms with Gasteiger partial charge >= 0.3 is 0 Å². The molecule has 1 heteroatoms. The van der Waals surface area contributed by atoms with Crippen LogP contribution in [0.15, 0.2) is 0 Å². The van der Waals surface area contributed by atoms with Crippen molar-refractivity contribution in [2.45, 2.75) is 32.6 Å². The van der Waals surface area contributed by atoms with E-state index in [1.165, 1.54) is 0 Å². The van der Waals surface area contributed by atoms with Crippen LogP contribution in [0.3, 0.4) is 0 Å². The average Bonchev–Trinajstić information content (AvgIpc) is 1.99. The maximum atomic E-state index is 8.77. The van der Waals surface area contributed by atoms with Crippen molar-refractivity contribution in [2.24, 2.45) is 5.92 Å². The minimum absolute atomic E-state index is 0.307. The topological polar surface area (TPSA) is 20.2 Å². The van der Waals surface area contributed by atoms with Gasteiger partial charge in [-0.05, 0) is 18.8 Å². The summed E-state index contributed by atoms with van der Waals surface area (Å²) >= 11 is 0. The minimum Gasteiger partial charge on any atom is -0.396 e. The summed E-state index contributed by atoms with van der Waals surface area (Å²) in [4.78, 5) is 0. The largest absolute Gasteiger partial charge is 0.396 e. The number of hydrogen-bond donors (Lipinski definition) is 1. The molecule has 0 aromatic heterocycles. The molecule has 1 nitrogen and oxygen atoms in total. The van der Waals surface area contributed by atoms with Gasteiger partial charge in [0.2, 0.25) is 0 Å². The molecule has 0 aliphatic carbocycles. The first-order chi connectivity index (χ1) is 4.85. The van der Waals surface area contributed by atoms with Gasteiger partial charge in [0, 0.05) is 13.0 Å². The van der Waals surface area contributed by atoms with Gasteiger partial charge in [-0.15, -0.1) is 12.3 Å². The molecule has 0 aliphatic heterocycles. The van der Waals surface area contributed by atoms with Crippen LogP contribution < -0.4 is 0 Å². The molecule has 1 N–H and O–H groups in total. The number of terminal acetylenes is 1. The summed E-state index contributed by atoms with van der Waals surface area (Å²) in [7, 11) is 0. The summed E-state index contributed by atoms with van der Waals surface area (Å²) in [6, 6.07) is 0. The van der Waals surface area contributed by atoms with Crippen molar-refractivity contribution >= 4 is 0 Å². The van der Waals surface area contributed by atoms with Crippen LogP contribution in [0, 0.1) is 18.3 Å². The standard InChI is InChI=1S/C9H16O/c1-3-5-6-7-9(4-2)8-10/h1,9-10H,4-8H2,2H3. The molecule has 58 valence electrons. The first-order valence-electron chi connectivity index (χ1n) is 3.89. The van der Waals surface area contributed by atoms with Crippen molar-refractivity contribution < 1.29 is 5.11 Å². The number of aliphatic hydroxyl groups is 1. The Morgan fingerprint density at radius 3 is 2.70 bits per heavy atom. The first kappa shape index (κ1) is 9.52. The molecule has 10 heavy (non-hydrogen) atoms. The van der Waals surface area contributed by atoms with Crippen LogP contribution in [0.1, 0.15) is 32.6 Å². The summed E-state index contributed by atoms with van der Waals surface area (Å²) in [5.41, 5.74) is 0. The lowest BCUT2D eigenvalue weighted by Crippen LogP contribution is -2.03. The zero-order valence-electron chi connectivity index (χ0n) is 6.64. The van der Waals surface area contributed by atoms with E-state index in [9.17, 15) is 0 Å². The van der Waals surface area contributed by atoms with Gasteiger partial charge in [0.25, 0.3) is 0 Å². The lowest BCUT2D eigenvalue weighted by atomic mass is 10.0. The quantitative estimate of drug-likeness (QED) is 0.456. The van der Waals surface area contributed by atoms with Crippen molar-refractivity contribution in [3.05, 3.63) is 0 Å². The van der Waals surface area contributed by atoms with Gasteiger partial charge in [0.15, 0.2) is 0 Å². The monoisotopic (exact) mass is 140 g/mol. The van der Waals surface area contributed by atoms with E-state index in [4.69, 9.17) is 11.5 Å². The fourth-order valence-corrected chi connectivity index (χ4v) is 0.917. The van der Waals surface area contributed by atoms with Crippen molar-refractivity contribution in [1.29, 1.82) is 0 Å². The van der Waals surface area contributed by atoms with Crippen LogP contribution in [0.25, 0.3) is 0 Å². The molecule has 0 aromatic carbocycles. The van der Waals surface area contributed by atoms with Crippen molar-refractivity contribution in [3.63, 3.8) is 0 Å². The molecule has 1 unspecified atom stereocenters. The molecule has 0 spiro atoms. The Labute approximate surface area is 63.5 Å². The summed E-state index contributed by atoms with van der Waals surface area (Å²) in [6.45, 7) is 2.40. The van der Waals surface area contributed by atoms with Gasteiger partial charge in [-0.25, -0.2) is 0 Å². The van der Waals surface area contributed by atoms with Gasteiger partial charge in [0.05, 0.1) is 0 Å². The highest BCUT2D eigenvalue weighted by molar-refractivity contribution is 4.83. The Morgan fingerprint density at radius 2 is 2.30 bits per heavy atom. The maximum absolute atomic E-state index is 8.77. The second kappa shape index (κ2) is 6.64. The Bertz CT molecular complexity index is 97.8. The van der Waals surface area contributed by atoms with E-state index >= 15 is 0 Å². The van der Waals surface area contributed by atoms with Gasteiger partial charge < -0.3 is 5.11 Å². The normalized spacial score (nSPS) is 12.5. The molecule has 0 saturated carbocycles. The Kier molecular flexibility index (Phi) is 6.32. The fraction of sp³-hybridized carbons (Fsp3) is 0.778. The second-order valence-electron chi connectivity index (χ2n) is 2.55. The van der Waals surface area contributed by atoms with Crippen molar-refractivity contribution in [1.82, 2.24) is 0 Å². The van der Waals surface area contributed by atoms with Gasteiger partial charge in [-0.3, -0.25) is 0 Å². The highest BCUT2D eigenvalue weighted by atomic mass is 16.3. The third-order valence-electron chi connectivity index (χ3n) is 1.77. The Morgan fingerprint density at radius 1 is 1.60 bits per heavy atom. The van der Waals surface area contributed by atoms with E-state index < -0.39 is 0 Å². The highest BCUT2D eigenvalue weighted by Crippen LogP contribution is 2.10. The molecular formula is C9H16O. The van der Waals surface area contributed by atoms with Crippen LogP contribution in [0.2, 0.25) is 0 Å². The minimum atomic E-state index is 0.307. The first-order valence-corrected chi connectivity index (χ1v) is 3.89. The smallest absolute Gasteiger partial charge is 0.0459 e. The molecule has 0 fully saturated rings. The van der Waals surface area contributed by atoms with Crippen molar-refractivity contribution in [3.8, 4) is 12.3 Å². The third-order valence-corrected chi connectivity index (χ3v) is 1.77. The van der Waals surface area contributed by atoms with Crippen LogP contribution >= 0.6 is 0 Å². The van der Waals surface area contributed by atoms with Crippen molar-refractivity contribution in [2.75, 3.05) is 6.61 Å². The fourth-order valence-electron chi connectivity index (χ4n) is 0.917. The molecule has 0 heterocycles. The van der Waals surface area contributed by atoms with E-state index in [0.29, 0.717) is 12.5 Å². The Hall–Kier alpha value is -0.480. The van der Waals surface area contributed by atoms with E-state index in [1.807, 2.05) is 0 Å². The number of aliphatic hydroxyl groups excluding tert-OH is 1. The molecule has 0 aromatic rings. The number of hydrogen-bond acceptors (Lipinski definition) is 1. The average molecular weight is 140 g/mol. The zero-order valence-corrected chi connectivity index (χ0v) is 6.64. The van der Waals surface area contributed by atoms with E-state index in [1.54, 1.807) is 0 Å². The lowest BCUT2D eigenvalue weighted by Gasteiger charge is -2.08. The molecule has 1 atom stereocenters. The van der Waals surface area contributed by atoms with Crippen LogP contribution in [-0.2, 0) is 0 Å². The SMILES string of the molecule is C#CCCCC(CC)CO. The summed E-state index contributed by atoms with van der Waals surface area (Å²) in [6.07, 6.45) is 9.10. The molecule has 0 saturated heterocycles. The second-order valence-corrected chi connectivity index (χ2v) is 2.55. The zero-order chi connectivity index (χ0) is 7.82. The van der Waals surface area contributed by atoms with E-state index in [0.717, 1.165) is 25.7 Å².